The zero-order valence-electron chi connectivity index (χ0n) is 21.0. The molecule has 0 aliphatic carbocycles. The number of nitrogens with one attached hydrogen (secondary N) is 2. The monoisotopic (exact) mass is 493 g/mol. The van der Waals surface area contributed by atoms with Gasteiger partial charge in [0.2, 0.25) is 0 Å². The summed E-state index contributed by atoms with van der Waals surface area (Å²) in [6, 6.07) is 27.2. The topological polar surface area (TPSA) is 70.7 Å². The van der Waals surface area contributed by atoms with E-state index in [1.54, 1.807) is 0 Å². The Hall–Kier alpha value is -4.32. The highest BCUT2D eigenvalue weighted by molar-refractivity contribution is 6.02. The van der Waals surface area contributed by atoms with Crippen molar-refractivity contribution in [2.45, 2.75) is 26.3 Å². The van der Waals surface area contributed by atoms with Gasteiger partial charge in [0, 0.05) is 31.0 Å². The molecule has 0 atom stereocenters. The molecule has 5 rings (SSSR count). The summed E-state index contributed by atoms with van der Waals surface area (Å²) < 4.78 is 5.92. The first kappa shape index (κ1) is 24.4. The predicted molar refractivity (Wildman–Crippen MR) is 148 cm³/mol. The number of rotatable bonds is 8. The molecule has 0 radical (unpaired) electrons. The molecule has 37 heavy (non-hydrogen) atoms. The second kappa shape index (κ2) is 11.2. The standard InChI is InChI=1S/C31H31N3O3/c1-22-17-26(34-15-7-8-16-34)13-14-28(22)33-30(35)21-37-29-19-25-12-6-5-11-24(25)18-27(29)31(36)32-20-23-9-3-2-4-10-23/h2-6,9-14,17-19H,7-8,15-16,20-21H2,1H3,(H,32,36)(H,33,35). The molecule has 4 aromatic rings. The number of fused-ring (bicyclic) bond motifs is 1. The first-order chi connectivity index (χ1) is 18.1. The number of benzene rings is 4. The molecule has 1 aliphatic heterocycles. The lowest BCUT2D eigenvalue weighted by molar-refractivity contribution is -0.118. The third-order valence-electron chi connectivity index (χ3n) is 6.70. The highest BCUT2D eigenvalue weighted by atomic mass is 16.5. The van der Waals surface area contributed by atoms with Gasteiger partial charge in [-0.1, -0.05) is 54.6 Å². The molecule has 0 spiro atoms. The molecular formula is C31H31N3O3. The first-order valence-electron chi connectivity index (χ1n) is 12.7. The maximum Gasteiger partial charge on any atom is 0.262 e. The molecule has 4 aromatic carbocycles. The van der Waals surface area contributed by atoms with E-state index in [1.807, 2.05) is 85.8 Å². The van der Waals surface area contributed by atoms with Crippen LogP contribution in [0.5, 0.6) is 5.75 Å². The summed E-state index contributed by atoms with van der Waals surface area (Å²) >= 11 is 0. The quantitative estimate of drug-likeness (QED) is 0.331. The number of nitrogens with zero attached hydrogens (tertiary/aromatic N) is 1. The fourth-order valence-corrected chi connectivity index (χ4v) is 4.68. The van der Waals surface area contributed by atoms with Gasteiger partial charge >= 0.3 is 0 Å². The molecule has 0 bridgehead atoms. The third-order valence-corrected chi connectivity index (χ3v) is 6.70. The van der Waals surface area contributed by atoms with Gasteiger partial charge in [-0.25, -0.2) is 0 Å². The third kappa shape index (κ3) is 5.92. The van der Waals surface area contributed by atoms with Gasteiger partial charge < -0.3 is 20.3 Å². The summed E-state index contributed by atoms with van der Waals surface area (Å²) in [6.07, 6.45) is 2.44. The summed E-state index contributed by atoms with van der Waals surface area (Å²) in [4.78, 5) is 28.3. The predicted octanol–water partition coefficient (Wildman–Crippen LogP) is 5.70. The number of ether oxygens (including phenoxy) is 1. The molecular weight excluding hydrogens is 462 g/mol. The van der Waals surface area contributed by atoms with Crippen molar-refractivity contribution in [3.05, 3.63) is 102 Å². The Morgan fingerprint density at radius 3 is 2.30 bits per heavy atom. The summed E-state index contributed by atoms with van der Waals surface area (Å²) in [6.45, 7) is 4.34. The van der Waals surface area contributed by atoms with Crippen LogP contribution in [0.25, 0.3) is 10.8 Å². The van der Waals surface area contributed by atoms with Gasteiger partial charge in [-0.05, 0) is 72.0 Å². The largest absolute Gasteiger partial charge is 0.483 e. The average molecular weight is 494 g/mol. The molecule has 0 saturated carbocycles. The highest BCUT2D eigenvalue weighted by Crippen LogP contribution is 2.28. The van der Waals surface area contributed by atoms with Gasteiger partial charge in [0.1, 0.15) is 5.75 Å². The fourth-order valence-electron chi connectivity index (χ4n) is 4.68. The van der Waals surface area contributed by atoms with Crippen LogP contribution in [-0.2, 0) is 11.3 Å². The van der Waals surface area contributed by atoms with Gasteiger partial charge in [-0.3, -0.25) is 9.59 Å². The smallest absolute Gasteiger partial charge is 0.262 e. The zero-order chi connectivity index (χ0) is 25.6. The van der Waals surface area contributed by atoms with Crippen molar-refractivity contribution < 1.29 is 14.3 Å². The molecule has 2 N–H and O–H groups in total. The van der Waals surface area contributed by atoms with Gasteiger partial charge in [0.05, 0.1) is 5.56 Å². The minimum absolute atomic E-state index is 0.204. The minimum Gasteiger partial charge on any atom is -0.483 e. The van der Waals surface area contributed by atoms with E-state index in [0.717, 1.165) is 40.7 Å². The molecule has 1 aliphatic rings. The summed E-state index contributed by atoms with van der Waals surface area (Å²) in [7, 11) is 0. The normalized spacial score (nSPS) is 12.9. The maximum atomic E-state index is 13.1. The number of anilines is 2. The Kier molecular flexibility index (Phi) is 7.36. The lowest BCUT2D eigenvalue weighted by atomic mass is 10.1. The van der Waals surface area contributed by atoms with Crippen LogP contribution in [0.4, 0.5) is 11.4 Å². The molecule has 1 fully saturated rings. The highest BCUT2D eigenvalue weighted by Gasteiger charge is 2.17. The molecule has 0 aromatic heterocycles. The Labute approximate surface area is 217 Å². The maximum absolute atomic E-state index is 13.1. The lowest BCUT2D eigenvalue weighted by Gasteiger charge is -2.19. The second-order valence-electron chi connectivity index (χ2n) is 9.39. The number of carbonyl (C=O) groups excluding carboxylic acids is 2. The van der Waals surface area contributed by atoms with Crippen LogP contribution >= 0.6 is 0 Å². The Balaban J connectivity index is 1.28. The minimum atomic E-state index is -0.277. The van der Waals surface area contributed by atoms with Gasteiger partial charge in [-0.15, -0.1) is 0 Å². The van der Waals surface area contributed by atoms with Crippen LogP contribution < -0.4 is 20.3 Å². The van der Waals surface area contributed by atoms with Crippen LogP contribution in [0.2, 0.25) is 0 Å². The number of amides is 2. The molecule has 0 unspecified atom stereocenters. The Morgan fingerprint density at radius 1 is 0.865 bits per heavy atom. The van der Waals surface area contributed by atoms with Crippen LogP contribution in [0.1, 0.15) is 34.3 Å². The van der Waals surface area contributed by atoms with Crippen molar-refractivity contribution in [2.24, 2.45) is 0 Å². The van der Waals surface area contributed by atoms with Crippen LogP contribution in [0.3, 0.4) is 0 Å². The van der Waals surface area contributed by atoms with Crippen molar-refractivity contribution in [3.8, 4) is 5.75 Å². The molecule has 1 heterocycles. The van der Waals surface area contributed by atoms with Crippen LogP contribution in [0, 0.1) is 6.92 Å². The molecule has 1 saturated heterocycles. The molecule has 6 heteroatoms. The number of carbonyl (C=O) groups is 2. The van der Waals surface area contributed by atoms with Gasteiger partial charge in [0.25, 0.3) is 11.8 Å². The Morgan fingerprint density at radius 2 is 1.57 bits per heavy atom. The van der Waals surface area contributed by atoms with Gasteiger partial charge in [0.15, 0.2) is 6.61 Å². The summed E-state index contributed by atoms with van der Waals surface area (Å²) in [5, 5.41) is 7.77. The number of hydrogen-bond donors (Lipinski definition) is 2. The van der Waals surface area contributed by atoms with E-state index in [9.17, 15) is 9.59 Å². The van der Waals surface area contributed by atoms with E-state index < -0.39 is 0 Å². The van der Waals surface area contributed by atoms with E-state index in [-0.39, 0.29) is 18.4 Å². The Bertz CT molecular complexity index is 1410. The zero-order valence-corrected chi connectivity index (χ0v) is 21.0. The second-order valence-corrected chi connectivity index (χ2v) is 9.39. The van der Waals surface area contributed by atoms with Crippen molar-refractivity contribution >= 4 is 34.0 Å². The van der Waals surface area contributed by atoms with E-state index in [0.29, 0.717) is 17.9 Å². The van der Waals surface area contributed by atoms with Gasteiger partial charge in [-0.2, -0.15) is 0 Å². The van der Waals surface area contributed by atoms with E-state index in [4.69, 9.17) is 4.74 Å². The first-order valence-corrected chi connectivity index (χ1v) is 12.7. The fraction of sp³-hybridized carbons (Fsp3) is 0.226. The lowest BCUT2D eigenvalue weighted by Crippen LogP contribution is -2.25. The van der Waals surface area contributed by atoms with Crippen molar-refractivity contribution in [1.82, 2.24) is 5.32 Å². The number of hydrogen-bond acceptors (Lipinski definition) is 4. The summed E-state index contributed by atoms with van der Waals surface area (Å²) in [5.41, 5.74) is 4.35. The van der Waals surface area contributed by atoms with Crippen molar-refractivity contribution in [1.29, 1.82) is 0 Å². The van der Waals surface area contributed by atoms with E-state index in [2.05, 4.69) is 21.6 Å². The van der Waals surface area contributed by atoms with Crippen molar-refractivity contribution in [3.63, 3.8) is 0 Å². The summed E-state index contributed by atoms with van der Waals surface area (Å²) in [5.74, 6) is -0.153. The van der Waals surface area contributed by atoms with Crippen molar-refractivity contribution in [2.75, 3.05) is 29.9 Å². The van der Waals surface area contributed by atoms with E-state index in [1.165, 1.54) is 18.5 Å². The molecule has 2 amide bonds. The molecule has 188 valence electrons. The van der Waals surface area contributed by atoms with E-state index >= 15 is 0 Å². The average Bonchev–Trinajstić information content (AvgIpc) is 3.47. The van der Waals surface area contributed by atoms with Crippen LogP contribution in [0.15, 0.2) is 84.9 Å². The number of aryl methyl sites for hydroxylation is 1. The van der Waals surface area contributed by atoms with Crippen LogP contribution in [-0.4, -0.2) is 31.5 Å². The SMILES string of the molecule is Cc1cc(N2CCCC2)ccc1NC(=O)COc1cc2ccccc2cc1C(=O)NCc1ccccc1. The molecule has 6 nitrogen and oxygen atoms in total.